The molecule has 7 nitrogen and oxygen atoms in total. The van der Waals surface area contributed by atoms with Crippen LogP contribution >= 0.6 is 0 Å². The lowest BCUT2D eigenvalue weighted by Crippen LogP contribution is -2.36. The average Bonchev–Trinajstić information content (AvgIpc) is 2.47. The van der Waals surface area contributed by atoms with E-state index in [-0.39, 0.29) is 36.9 Å². The fourth-order valence-corrected chi connectivity index (χ4v) is 3.37. The van der Waals surface area contributed by atoms with Crippen LogP contribution in [0.5, 0.6) is 5.75 Å². The molecule has 8 heteroatoms. The highest BCUT2D eigenvalue weighted by molar-refractivity contribution is 7.89. The van der Waals surface area contributed by atoms with Gasteiger partial charge >= 0.3 is 0 Å². The minimum absolute atomic E-state index is 0.0391. The molecule has 1 aromatic rings. The minimum Gasteiger partial charge on any atom is -0.495 e. The summed E-state index contributed by atoms with van der Waals surface area (Å²) in [6, 6.07) is 4.51. The third-order valence-electron chi connectivity index (χ3n) is 2.90. The van der Waals surface area contributed by atoms with Gasteiger partial charge < -0.3 is 19.9 Å². The van der Waals surface area contributed by atoms with Crippen LogP contribution in [-0.4, -0.2) is 60.4 Å². The average molecular weight is 318 g/mol. The quantitative estimate of drug-likeness (QED) is 0.669. The van der Waals surface area contributed by atoms with Crippen LogP contribution in [0.25, 0.3) is 0 Å². The molecule has 0 saturated carbocycles. The van der Waals surface area contributed by atoms with Gasteiger partial charge in [0.1, 0.15) is 10.6 Å². The highest BCUT2D eigenvalue weighted by Gasteiger charge is 2.27. The van der Waals surface area contributed by atoms with Gasteiger partial charge in [-0.2, -0.15) is 4.31 Å². The lowest BCUT2D eigenvalue weighted by molar-refractivity contribution is 0.150. The maximum absolute atomic E-state index is 12.8. The fourth-order valence-electron chi connectivity index (χ4n) is 1.77. The summed E-state index contributed by atoms with van der Waals surface area (Å²) in [6.07, 6.45) is 0. The molecule has 0 radical (unpaired) electrons. The molecule has 0 aliphatic carbocycles. The lowest BCUT2D eigenvalue weighted by atomic mass is 10.3. The van der Waals surface area contributed by atoms with E-state index in [0.717, 1.165) is 0 Å². The molecule has 21 heavy (non-hydrogen) atoms. The summed E-state index contributed by atoms with van der Waals surface area (Å²) < 4.78 is 41.8. The van der Waals surface area contributed by atoms with Crippen LogP contribution in [0.1, 0.15) is 0 Å². The first-order valence-corrected chi connectivity index (χ1v) is 7.83. The Balaban J connectivity index is 3.17. The first-order valence-electron chi connectivity index (χ1n) is 6.39. The molecule has 0 amide bonds. The number of methoxy groups -OCH3 is 3. The molecule has 0 fully saturated rings. The third kappa shape index (κ3) is 4.57. The maximum atomic E-state index is 12.8. The van der Waals surface area contributed by atoms with E-state index in [4.69, 9.17) is 19.9 Å². The normalized spacial score (nSPS) is 11.8. The van der Waals surface area contributed by atoms with E-state index in [1.807, 2.05) is 0 Å². The van der Waals surface area contributed by atoms with E-state index in [1.54, 1.807) is 6.07 Å². The Bertz CT molecular complexity index is 539. The van der Waals surface area contributed by atoms with Crippen molar-refractivity contribution < 1.29 is 22.6 Å². The van der Waals surface area contributed by atoms with Crippen molar-refractivity contribution in [1.82, 2.24) is 4.31 Å². The molecular weight excluding hydrogens is 296 g/mol. The smallest absolute Gasteiger partial charge is 0.246 e. The molecule has 0 unspecified atom stereocenters. The molecule has 0 aliphatic heterocycles. The number of anilines is 1. The van der Waals surface area contributed by atoms with Crippen LogP contribution in [0.2, 0.25) is 0 Å². The summed E-state index contributed by atoms with van der Waals surface area (Å²) in [5.41, 5.74) is 6.05. The summed E-state index contributed by atoms with van der Waals surface area (Å²) in [5, 5.41) is 0. The molecule has 2 N–H and O–H groups in total. The van der Waals surface area contributed by atoms with Crippen LogP contribution in [0.15, 0.2) is 23.1 Å². The molecule has 0 heterocycles. The molecule has 1 rings (SSSR count). The molecule has 0 bridgehead atoms. The van der Waals surface area contributed by atoms with Crippen molar-refractivity contribution in [2.24, 2.45) is 0 Å². The van der Waals surface area contributed by atoms with Crippen LogP contribution in [0.4, 0.5) is 5.69 Å². The second-order valence-corrected chi connectivity index (χ2v) is 6.21. The van der Waals surface area contributed by atoms with Crippen molar-refractivity contribution in [3.05, 3.63) is 18.2 Å². The Morgan fingerprint density at radius 3 is 2.14 bits per heavy atom. The van der Waals surface area contributed by atoms with Crippen LogP contribution in [-0.2, 0) is 19.5 Å². The van der Waals surface area contributed by atoms with Crippen LogP contribution in [0, 0.1) is 0 Å². The van der Waals surface area contributed by atoms with E-state index in [1.165, 1.54) is 37.8 Å². The first kappa shape index (κ1) is 17.7. The number of nitrogen functional groups attached to an aromatic ring is 1. The van der Waals surface area contributed by atoms with Gasteiger partial charge in [-0.3, -0.25) is 0 Å². The van der Waals surface area contributed by atoms with Crippen molar-refractivity contribution in [3.63, 3.8) is 0 Å². The van der Waals surface area contributed by atoms with Crippen molar-refractivity contribution in [2.45, 2.75) is 4.90 Å². The van der Waals surface area contributed by atoms with E-state index in [9.17, 15) is 8.42 Å². The van der Waals surface area contributed by atoms with Gasteiger partial charge in [-0.15, -0.1) is 0 Å². The minimum atomic E-state index is -3.74. The fraction of sp³-hybridized carbons (Fsp3) is 0.538. The number of rotatable bonds is 9. The summed E-state index contributed by atoms with van der Waals surface area (Å²) in [6.45, 7) is 1.02. The summed E-state index contributed by atoms with van der Waals surface area (Å²) >= 11 is 0. The van der Waals surface area contributed by atoms with Gasteiger partial charge in [0, 0.05) is 33.0 Å². The number of ether oxygens (including phenoxy) is 3. The molecule has 0 aliphatic rings. The highest BCUT2D eigenvalue weighted by Crippen LogP contribution is 2.28. The summed E-state index contributed by atoms with van der Waals surface area (Å²) in [7, 11) is 0.706. The van der Waals surface area contributed by atoms with Crippen LogP contribution in [0.3, 0.4) is 0 Å². The van der Waals surface area contributed by atoms with Gasteiger partial charge in [-0.05, 0) is 18.2 Å². The molecule has 1 aromatic carbocycles. The van der Waals surface area contributed by atoms with E-state index in [2.05, 4.69) is 0 Å². The number of sulfonamides is 1. The second-order valence-electron chi connectivity index (χ2n) is 4.30. The van der Waals surface area contributed by atoms with Gasteiger partial charge in [0.25, 0.3) is 0 Å². The molecule has 0 saturated heterocycles. The molecular formula is C13H22N2O5S. The number of benzene rings is 1. The van der Waals surface area contributed by atoms with Gasteiger partial charge in [0.05, 0.1) is 20.3 Å². The predicted octanol–water partition coefficient (Wildman–Crippen LogP) is 0.561. The van der Waals surface area contributed by atoms with Gasteiger partial charge in [0.15, 0.2) is 0 Å². The van der Waals surface area contributed by atoms with E-state index < -0.39 is 10.0 Å². The first-order chi connectivity index (χ1) is 9.97. The zero-order valence-electron chi connectivity index (χ0n) is 12.5. The summed E-state index contributed by atoms with van der Waals surface area (Å²) in [4.78, 5) is 0.0391. The summed E-state index contributed by atoms with van der Waals surface area (Å²) in [5.74, 6) is 0.254. The largest absolute Gasteiger partial charge is 0.495 e. The zero-order valence-corrected chi connectivity index (χ0v) is 13.4. The number of hydrogen-bond acceptors (Lipinski definition) is 6. The number of hydrogen-bond donors (Lipinski definition) is 1. The van der Waals surface area contributed by atoms with Crippen molar-refractivity contribution in [1.29, 1.82) is 0 Å². The number of nitrogens with two attached hydrogens (primary N) is 1. The van der Waals surface area contributed by atoms with Crippen LogP contribution < -0.4 is 10.5 Å². The SMILES string of the molecule is COCCN(CCOC)S(=O)(=O)c1cc(N)ccc1OC. The van der Waals surface area contributed by atoms with E-state index >= 15 is 0 Å². The molecule has 0 spiro atoms. The van der Waals surface area contributed by atoms with Crippen molar-refractivity contribution in [3.8, 4) is 5.75 Å². The Labute approximate surface area is 125 Å². The molecule has 0 atom stereocenters. The van der Waals surface area contributed by atoms with Crippen molar-refractivity contribution >= 4 is 15.7 Å². The Hall–Kier alpha value is -1.35. The zero-order chi connectivity index (χ0) is 15.9. The topological polar surface area (TPSA) is 91.1 Å². The Morgan fingerprint density at radius 2 is 1.67 bits per heavy atom. The number of nitrogens with zero attached hydrogens (tertiary/aromatic N) is 1. The lowest BCUT2D eigenvalue weighted by Gasteiger charge is -2.22. The highest BCUT2D eigenvalue weighted by atomic mass is 32.2. The van der Waals surface area contributed by atoms with Gasteiger partial charge in [-0.1, -0.05) is 0 Å². The second kappa shape index (κ2) is 8.18. The van der Waals surface area contributed by atoms with Gasteiger partial charge in [-0.25, -0.2) is 8.42 Å². The maximum Gasteiger partial charge on any atom is 0.246 e. The third-order valence-corrected chi connectivity index (χ3v) is 4.81. The molecule has 0 aromatic heterocycles. The Morgan fingerprint density at radius 1 is 1.10 bits per heavy atom. The monoisotopic (exact) mass is 318 g/mol. The molecule has 120 valence electrons. The van der Waals surface area contributed by atoms with Crippen molar-refractivity contribution in [2.75, 3.05) is 53.4 Å². The standard InChI is InChI=1S/C13H22N2O5S/c1-18-8-6-15(7-9-19-2)21(16,17)13-10-11(14)4-5-12(13)20-3/h4-5,10H,6-9,14H2,1-3H3. The van der Waals surface area contributed by atoms with E-state index in [0.29, 0.717) is 5.69 Å². The Kier molecular flexibility index (Phi) is 6.90. The predicted molar refractivity (Wildman–Crippen MR) is 79.9 cm³/mol. The van der Waals surface area contributed by atoms with Gasteiger partial charge in [0.2, 0.25) is 10.0 Å².